The van der Waals surface area contributed by atoms with E-state index in [2.05, 4.69) is 30.7 Å². The van der Waals surface area contributed by atoms with Crippen LogP contribution in [0, 0.1) is 0 Å². The first-order chi connectivity index (χ1) is 12.7. The van der Waals surface area contributed by atoms with Gasteiger partial charge in [-0.2, -0.15) is 5.10 Å². The number of nitrogens with zero attached hydrogens (tertiary/aromatic N) is 5. The van der Waals surface area contributed by atoms with E-state index in [1.807, 2.05) is 30.3 Å². The van der Waals surface area contributed by atoms with Crippen molar-refractivity contribution in [3.8, 4) is 5.75 Å². The molecule has 0 aliphatic heterocycles. The molecule has 26 heavy (non-hydrogen) atoms. The van der Waals surface area contributed by atoms with Crippen LogP contribution in [0.4, 0.5) is 11.5 Å². The van der Waals surface area contributed by atoms with Crippen molar-refractivity contribution in [3.05, 3.63) is 65.9 Å². The quantitative estimate of drug-likeness (QED) is 0.290. The minimum atomic E-state index is 0.0818. The molecule has 0 atom stereocenters. The van der Waals surface area contributed by atoms with E-state index in [-0.39, 0.29) is 17.0 Å². The van der Waals surface area contributed by atoms with E-state index in [0.29, 0.717) is 22.8 Å². The van der Waals surface area contributed by atoms with Gasteiger partial charge in [0.05, 0.1) is 0 Å². The van der Waals surface area contributed by atoms with E-state index >= 15 is 0 Å². The molecule has 2 heterocycles. The summed E-state index contributed by atoms with van der Waals surface area (Å²) in [6.07, 6.45) is 0. The number of phenols is 1. The highest BCUT2D eigenvalue weighted by Crippen LogP contribution is 2.23. The second kappa shape index (κ2) is 6.48. The van der Waals surface area contributed by atoms with Gasteiger partial charge in [-0.05, 0) is 34.6 Å². The Balaban J connectivity index is 1.87. The number of anilines is 2. The molecule has 9 heteroatoms. The van der Waals surface area contributed by atoms with Gasteiger partial charge in [-0.3, -0.25) is 0 Å². The first kappa shape index (κ1) is 15.5. The molecule has 0 saturated carbocycles. The zero-order valence-electron chi connectivity index (χ0n) is 13.4. The summed E-state index contributed by atoms with van der Waals surface area (Å²) in [6, 6.07) is 16.0. The smallest absolute Gasteiger partial charge is 0.245 e. The Bertz CT molecular complexity index is 1090. The average molecular weight is 347 g/mol. The molecule has 4 aromatic rings. The third kappa shape index (κ3) is 2.88. The first-order valence-corrected chi connectivity index (χ1v) is 7.64. The monoisotopic (exact) mass is 347 g/mol. The van der Waals surface area contributed by atoms with Gasteiger partial charge in [0, 0.05) is 11.3 Å². The number of aromatic nitrogens is 4. The molecule has 2 aromatic carbocycles. The van der Waals surface area contributed by atoms with Crippen LogP contribution in [0.15, 0.2) is 64.3 Å². The number of para-hydroxylation sites is 1. The summed E-state index contributed by atoms with van der Waals surface area (Å²) >= 11 is 0. The van der Waals surface area contributed by atoms with Crippen LogP contribution in [-0.4, -0.2) is 31.1 Å². The zero-order valence-corrected chi connectivity index (χ0v) is 13.4. The fourth-order valence-electron chi connectivity index (χ4n) is 2.47. The number of phenolic OH excluding ortho intramolecular Hbond substituents is 1. The Hall–Kier alpha value is -4.01. The lowest BCUT2D eigenvalue weighted by atomic mass is 10.1. The second-order valence-corrected chi connectivity index (χ2v) is 5.35. The summed E-state index contributed by atoms with van der Waals surface area (Å²) in [7, 11) is 0. The molecule has 0 spiro atoms. The van der Waals surface area contributed by atoms with Crippen molar-refractivity contribution in [3.63, 3.8) is 0 Å². The summed E-state index contributed by atoms with van der Waals surface area (Å²) in [5.74, 6) is 6.08. The normalized spacial score (nSPS) is 11.6. The Morgan fingerprint density at radius 2 is 1.77 bits per heavy atom. The van der Waals surface area contributed by atoms with Crippen molar-refractivity contribution in [2.24, 2.45) is 10.9 Å². The summed E-state index contributed by atoms with van der Waals surface area (Å²) in [5.41, 5.74) is 2.53. The molecule has 0 radical (unpaired) electrons. The van der Waals surface area contributed by atoms with Gasteiger partial charge in [0.25, 0.3) is 0 Å². The topological polar surface area (TPSA) is 135 Å². The predicted molar refractivity (Wildman–Crippen MR) is 95.1 cm³/mol. The fraction of sp³-hybridized carbons (Fsp3) is 0. The number of benzene rings is 2. The number of fused-ring (bicyclic) bond motifs is 1. The molecule has 9 nitrogen and oxygen atoms in total. The van der Waals surface area contributed by atoms with Gasteiger partial charge < -0.3 is 16.3 Å². The molecular formula is C17H13N7O2. The molecule has 0 amide bonds. The Kier molecular flexibility index (Phi) is 3.86. The number of rotatable bonds is 4. The Morgan fingerprint density at radius 3 is 2.50 bits per heavy atom. The van der Waals surface area contributed by atoms with Gasteiger partial charge in [0.1, 0.15) is 17.2 Å². The fourth-order valence-corrected chi connectivity index (χ4v) is 2.47. The van der Waals surface area contributed by atoms with Crippen LogP contribution in [-0.2, 0) is 0 Å². The van der Waals surface area contributed by atoms with Crippen molar-refractivity contribution in [2.75, 3.05) is 5.32 Å². The molecule has 4 N–H and O–H groups in total. The minimum absolute atomic E-state index is 0.0818. The number of hydrogen-bond acceptors (Lipinski definition) is 9. The highest BCUT2D eigenvalue weighted by molar-refractivity contribution is 6.15. The highest BCUT2D eigenvalue weighted by Gasteiger charge is 2.19. The van der Waals surface area contributed by atoms with Crippen molar-refractivity contribution in [1.29, 1.82) is 0 Å². The molecule has 0 fully saturated rings. The van der Waals surface area contributed by atoms with Crippen molar-refractivity contribution < 1.29 is 9.74 Å². The van der Waals surface area contributed by atoms with E-state index in [1.165, 1.54) is 6.07 Å². The van der Waals surface area contributed by atoms with Crippen LogP contribution in [0.3, 0.4) is 0 Å². The summed E-state index contributed by atoms with van der Waals surface area (Å²) in [5, 5.41) is 24.2. The number of hydrazone groups is 1. The third-order valence-electron chi connectivity index (χ3n) is 3.62. The Labute approximate surface area is 147 Å². The van der Waals surface area contributed by atoms with E-state index in [0.717, 1.165) is 5.69 Å². The molecule has 128 valence electrons. The Morgan fingerprint density at radius 1 is 1.00 bits per heavy atom. The number of nitrogens with one attached hydrogen (secondary N) is 1. The maximum atomic E-state index is 9.76. The first-order valence-electron chi connectivity index (χ1n) is 7.64. The van der Waals surface area contributed by atoms with Gasteiger partial charge in [-0.25, -0.2) is 14.6 Å². The lowest BCUT2D eigenvalue weighted by Gasteiger charge is -2.11. The second-order valence-electron chi connectivity index (χ2n) is 5.35. The number of hydrogen-bond donors (Lipinski definition) is 3. The van der Waals surface area contributed by atoms with Crippen molar-refractivity contribution in [2.45, 2.75) is 0 Å². The lowest BCUT2D eigenvalue weighted by Crippen LogP contribution is -2.13. The zero-order chi connectivity index (χ0) is 17.9. The van der Waals surface area contributed by atoms with E-state index < -0.39 is 0 Å². The van der Waals surface area contributed by atoms with E-state index in [9.17, 15) is 5.11 Å². The van der Waals surface area contributed by atoms with Gasteiger partial charge in [0.2, 0.25) is 11.3 Å². The number of aromatic hydroxyl groups is 1. The average Bonchev–Trinajstić information content (AvgIpc) is 3.11. The molecule has 2 aromatic heterocycles. The third-order valence-corrected chi connectivity index (χ3v) is 3.62. The maximum Gasteiger partial charge on any atom is 0.245 e. The standard InChI is InChI=1S/C17H13N7O2/c18-22-13(10-5-4-8-12(25)9-10)14-15(19-11-6-2-1-3-7-11)21-17-16(20-14)23-26-24-17/h1-9,25H,18H2,(H,19,21,24). The molecule has 0 bridgehead atoms. The maximum absolute atomic E-state index is 9.76. The number of nitrogens with two attached hydrogens (primary N) is 1. The minimum Gasteiger partial charge on any atom is -0.508 e. The van der Waals surface area contributed by atoms with Gasteiger partial charge in [-0.15, -0.1) is 0 Å². The summed E-state index contributed by atoms with van der Waals surface area (Å²) < 4.78 is 4.70. The van der Waals surface area contributed by atoms with Crippen molar-refractivity contribution >= 4 is 28.5 Å². The van der Waals surface area contributed by atoms with Crippen LogP contribution < -0.4 is 11.2 Å². The summed E-state index contributed by atoms with van der Waals surface area (Å²) in [4.78, 5) is 8.83. The van der Waals surface area contributed by atoms with Crippen LogP contribution in [0.1, 0.15) is 11.3 Å². The SMILES string of the molecule is NN=C(c1cccc(O)c1)c1nc2nonc2nc1Nc1ccccc1. The lowest BCUT2D eigenvalue weighted by molar-refractivity contribution is 0.314. The van der Waals surface area contributed by atoms with E-state index in [1.54, 1.807) is 18.2 Å². The molecule has 0 saturated heterocycles. The highest BCUT2D eigenvalue weighted by atomic mass is 16.6. The van der Waals surface area contributed by atoms with Crippen LogP contribution >= 0.6 is 0 Å². The molecular weight excluding hydrogens is 334 g/mol. The molecule has 0 aliphatic rings. The van der Waals surface area contributed by atoms with Crippen LogP contribution in [0.25, 0.3) is 11.3 Å². The molecule has 0 unspecified atom stereocenters. The predicted octanol–water partition coefficient (Wildman–Crippen LogP) is 2.17. The molecule has 4 rings (SSSR count). The van der Waals surface area contributed by atoms with Gasteiger partial charge in [-0.1, -0.05) is 30.3 Å². The molecule has 0 aliphatic carbocycles. The van der Waals surface area contributed by atoms with Crippen LogP contribution in [0.2, 0.25) is 0 Å². The summed E-state index contributed by atoms with van der Waals surface area (Å²) in [6.45, 7) is 0. The van der Waals surface area contributed by atoms with Gasteiger partial charge >= 0.3 is 0 Å². The van der Waals surface area contributed by atoms with E-state index in [4.69, 9.17) is 10.5 Å². The van der Waals surface area contributed by atoms with Gasteiger partial charge in [0.15, 0.2) is 5.82 Å². The van der Waals surface area contributed by atoms with Crippen molar-refractivity contribution in [1.82, 2.24) is 20.3 Å². The largest absolute Gasteiger partial charge is 0.508 e. The van der Waals surface area contributed by atoms with Crippen LogP contribution in [0.5, 0.6) is 5.75 Å².